The molecule has 1 aliphatic heterocycles. The van der Waals surface area contributed by atoms with E-state index >= 15 is 0 Å². The highest BCUT2D eigenvalue weighted by Crippen LogP contribution is 2.38. The number of benzene rings is 2. The number of methoxy groups -OCH3 is 1. The second-order valence-electron chi connectivity index (χ2n) is 6.33. The van der Waals surface area contributed by atoms with E-state index in [1.165, 1.54) is 31.4 Å². The number of esters is 1. The average Bonchev–Trinajstić information content (AvgIpc) is 2.65. The van der Waals surface area contributed by atoms with Crippen LogP contribution in [0.4, 0.5) is 23.2 Å². The van der Waals surface area contributed by atoms with Crippen LogP contribution in [0.3, 0.4) is 0 Å². The third-order valence-electron chi connectivity index (χ3n) is 4.63. The van der Waals surface area contributed by atoms with E-state index in [4.69, 9.17) is 4.74 Å². The standard InChI is InChI=1S/C19H18F4N2O2/c1-27-17(26)18(10-9-12-5-7-13(20)8-6-12)24-11-14-15(19(21,22)23)3-2-4-16(14)25-18/h2-8,24-25H,9-11H2,1H3. The summed E-state index contributed by atoms with van der Waals surface area (Å²) < 4.78 is 57.6. The Balaban J connectivity index is 1.89. The molecule has 1 unspecified atom stereocenters. The van der Waals surface area contributed by atoms with E-state index in [1.807, 2.05) is 0 Å². The quantitative estimate of drug-likeness (QED) is 0.623. The summed E-state index contributed by atoms with van der Waals surface area (Å²) in [5.41, 5.74) is -1.06. The van der Waals surface area contributed by atoms with Gasteiger partial charge in [-0.3, -0.25) is 5.32 Å². The summed E-state index contributed by atoms with van der Waals surface area (Å²) in [5.74, 6) is -1.00. The third kappa shape index (κ3) is 3.90. The molecule has 3 rings (SSSR count). The van der Waals surface area contributed by atoms with Gasteiger partial charge in [-0.1, -0.05) is 18.2 Å². The maximum Gasteiger partial charge on any atom is 0.416 e. The molecule has 27 heavy (non-hydrogen) atoms. The summed E-state index contributed by atoms with van der Waals surface area (Å²) in [6.07, 6.45) is -3.89. The van der Waals surface area contributed by atoms with Gasteiger partial charge >= 0.3 is 12.1 Å². The molecule has 144 valence electrons. The van der Waals surface area contributed by atoms with E-state index in [2.05, 4.69) is 10.6 Å². The molecule has 2 aromatic carbocycles. The molecule has 0 saturated carbocycles. The normalized spacial score (nSPS) is 19.1. The monoisotopic (exact) mass is 382 g/mol. The largest absolute Gasteiger partial charge is 0.466 e. The fraction of sp³-hybridized carbons (Fsp3) is 0.316. The average molecular weight is 382 g/mol. The number of carbonyl (C=O) groups excluding carboxylic acids is 1. The number of halogens is 4. The van der Waals surface area contributed by atoms with E-state index < -0.39 is 23.4 Å². The Bertz CT molecular complexity index is 837. The second-order valence-corrected chi connectivity index (χ2v) is 6.33. The highest BCUT2D eigenvalue weighted by Gasteiger charge is 2.44. The van der Waals surface area contributed by atoms with Crippen LogP contribution in [-0.2, 0) is 28.7 Å². The molecule has 0 saturated heterocycles. The van der Waals surface area contributed by atoms with Crippen molar-refractivity contribution in [1.29, 1.82) is 0 Å². The van der Waals surface area contributed by atoms with Crippen molar-refractivity contribution in [3.8, 4) is 0 Å². The van der Waals surface area contributed by atoms with Gasteiger partial charge in [0, 0.05) is 17.8 Å². The van der Waals surface area contributed by atoms with Gasteiger partial charge in [0.2, 0.25) is 0 Å². The molecule has 0 fully saturated rings. The predicted octanol–water partition coefficient (Wildman–Crippen LogP) is 3.86. The highest BCUT2D eigenvalue weighted by atomic mass is 19.4. The van der Waals surface area contributed by atoms with E-state index in [0.717, 1.165) is 11.6 Å². The van der Waals surface area contributed by atoms with Crippen LogP contribution in [0.25, 0.3) is 0 Å². The van der Waals surface area contributed by atoms with Crippen LogP contribution < -0.4 is 10.6 Å². The van der Waals surface area contributed by atoms with Gasteiger partial charge in [-0.2, -0.15) is 13.2 Å². The SMILES string of the molecule is COC(=O)C1(CCc2ccc(F)cc2)NCc2c(cccc2C(F)(F)F)N1. The van der Waals surface area contributed by atoms with Gasteiger partial charge in [-0.25, -0.2) is 9.18 Å². The Morgan fingerprint density at radius 1 is 1.19 bits per heavy atom. The zero-order chi connectivity index (χ0) is 19.7. The van der Waals surface area contributed by atoms with E-state index in [0.29, 0.717) is 6.42 Å². The number of rotatable bonds is 4. The summed E-state index contributed by atoms with van der Waals surface area (Å²) in [7, 11) is 1.22. The number of hydrogen-bond acceptors (Lipinski definition) is 4. The maximum absolute atomic E-state index is 13.2. The molecule has 0 spiro atoms. The summed E-state index contributed by atoms with van der Waals surface area (Å²) in [6.45, 7) is -0.142. The van der Waals surface area contributed by atoms with Crippen LogP contribution in [0.2, 0.25) is 0 Å². The van der Waals surface area contributed by atoms with E-state index in [1.54, 1.807) is 12.1 Å². The van der Waals surface area contributed by atoms with Crippen molar-refractivity contribution < 1.29 is 27.1 Å². The van der Waals surface area contributed by atoms with Gasteiger partial charge in [0.15, 0.2) is 5.66 Å². The van der Waals surface area contributed by atoms with Crippen LogP contribution in [0, 0.1) is 5.82 Å². The Labute approximate surface area is 153 Å². The van der Waals surface area contributed by atoms with Crippen molar-refractivity contribution in [3.63, 3.8) is 0 Å². The molecular formula is C19H18F4N2O2. The molecule has 0 aliphatic carbocycles. The van der Waals surface area contributed by atoms with Gasteiger partial charge < -0.3 is 10.1 Å². The first kappa shape index (κ1) is 19.2. The zero-order valence-electron chi connectivity index (χ0n) is 14.5. The number of hydrogen-bond donors (Lipinski definition) is 2. The van der Waals surface area contributed by atoms with Crippen molar-refractivity contribution in [1.82, 2.24) is 5.32 Å². The number of nitrogens with one attached hydrogen (secondary N) is 2. The lowest BCUT2D eigenvalue weighted by Crippen LogP contribution is -2.61. The fourth-order valence-corrected chi connectivity index (χ4v) is 3.21. The van der Waals surface area contributed by atoms with E-state index in [9.17, 15) is 22.4 Å². The van der Waals surface area contributed by atoms with Gasteiger partial charge in [-0.05, 0) is 42.7 Å². The van der Waals surface area contributed by atoms with Crippen LogP contribution in [0.15, 0.2) is 42.5 Å². The molecule has 0 bridgehead atoms. The Morgan fingerprint density at radius 3 is 2.52 bits per heavy atom. The number of fused-ring (bicyclic) bond motifs is 1. The second kappa shape index (κ2) is 7.19. The van der Waals surface area contributed by atoms with Crippen LogP contribution in [0.1, 0.15) is 23.1 Å². The first-order valence-corrected chi connectivity index (χ1v) is 8.30. The molecule has 2 aromatic rings. The smallest absolute Gasteiger partial charge is 0.416 e. The number of ether oxygens (including phenoxy) is 1. The number of aryl methyl sites for hydroxylation is 1. The molecule has 1 heterocycles. The summed E-state index contributed by atoms with van der Waals surface area (Å²) in [6, 6.07) is 9.62. The minimum Gasteiger partial charge on any atom is -0.466 e. The summed E-state index contributed by atoms with van der Waals surface area (Å²) >= 11 is 0. The molecule has 0 radical (unpaired) electrons. The molecule has 2 N–H and O–H groups in total. The lowest BCUT2D eigenvalue weighted by molar-refractivity contribution is -0.148. The Hall–Kier alpha value is -2.61. The van der Waals surface area contributed by atoms with Crippen molar-refractivity contribution in [2.75, 3.05) is 12.4 Å². The highest BCUT2D eigenvalue weighted by molar-refractivity contribution is 5.85. The zero-order valence-corrected chi connectivity index (χ0v) is 14.5. The maximum atomic E-state index is 13.2. The Kier molecular flexibility index (Phi) is 5.10. The lowest BCUT2D eigenvalue weighted by atomic mass is 9.93. The lowest BCUT2D eigenvalue weighted by Gasteiger charge is -2.39. The molecule has 0 aromatic heterocycles. The van der Waals surface area contributed by atoms with Crippen molar-refractivity contribution in [2.45, 2.75) is 31.2 Å². The van der Waals surface area contributed by atoms with Crippen LogP contribution in [-0.4, -0.2) is 18.7 Å². The first-order chi connectivity index (χ1) is 12.7. The fourth-order valence-electron chi connectivity index (χ4n) is 3.21. The summed E-state index contributed by atoms with van der Waals surface area (Å²) in [5, 5.41) is 5.77. The van der Waals surface area contributed by atoms with Crippen molar-refractivity contribution in [2.24, 2.45) is 0 Å². The van der Waals surface area contributed by atoms with Gasteiger partial charge in [0.25, 0.3) is 0 Å². The molecule has 8 heteroatoms. The summed E-state index contributed by atoms with van der Waals surface area (Å²) in [4.78, 5) is 12.4. The van der Waals surface area contributed by atoms with Gasteiger partial charge in [0.1, 0.15) is 5.82 Å². The van der Waals surface area contributed by atoms with Gasteiger partial charge in [0.05, 0.1) is 12.7 Å². The predicted molar refractivity (Wildman–Crippen MR) is 91.4 cm³/mol. The minimum absolute atomic E-state index is 0.0475. The van der Waals surface area contributed by atoms with E-state index in [-0.39, 0.29) is 30.0 Å². The number of anilines is 1. The molecule has 0 amide bonds. The van der Waals surface area contributed by atoms with Gasteiger partial charge in [-0.15, -0.1) is 0 Å². The van der Waals surface area contributed by atoms with Crippen LogP contribution >= 0.6 is 0 Å². The minimum atomic E-state index is -4.49. The van der Waals surface area contributed by atoms with Crippen LogP contribution in [0.5, 0.6) is 0 Å². The number of alkyl halides is 3. The molecule has 1 aliphatic rings. The topological polar surface area (TPSA) is 50.4 Å². The van der Waals surface area contributed by atoms with Crippen molar-refractivity contribution >= 4 is 11.7 Å². The third-order valence-corrected chi connectivity index (χ3v) is 4.63. The molecule has 1 atom stereocenters. The molecule has 4 nitrogen and oxygen atoms in total. The molecular weight excluding hydrogens is 364 g/mol. The van der Waals surface area contributed by atoms with Crippen molar-refractivity contribution in [3.05, 3.63) is 65.0 Å². The first-order valence-electron chi connectivity index (χ1n) is 8.30. The Morgan fingerprint density at radius 2 is 1.89 bits per heavy atom. The number of carbonyl (C=O) groups is 1.